The summed E-state index contributed by atoms with van der Waals surface area (Å²) in [5, 5.41) is 3.54. The number of aromatic nitrogens is 2. The maximum absolute atomic E-state index is 5.95. The maximum Gasteiger partial charge on any atom is 0.0759 e. The second-order valence-corrected chi connectivity index (χ2v) is 4.94. The van der Waals surface area contributed by atoms with E-state index in [4.69, 9.17) is 4.74 Å². The van der Waals surface area contributed by atoms with Gasteiger partial charge in [-0.1, -0.05) is 6.92 Å². The molecule has 4 unspecified atom stereocenters. The van der Waals surface area contributed by atoms with Gasteiger partial charge in [-0.05, 0) is 25.8 Å². The summed E-state index contributed by atoms with van der Waals surface area (Å²) in [4.78, 5) is 8.62. The molecule has 3 heterocycles. The van der Waals surface area contributed by atoms with E-state index >= 15 is 0 Å². The monoisotopic (exact) mass is 233 g/mol. The van der Waals surface area contributed by atoms with E-state index < -0.39 is 0 Å². The number of rotatable bonds is 4. The average Bonchev–Trinajstić information content (AvgIpc) is 2.99. The fourth-order valence-corrected chi connectivity index (χ4v) is 3.19. The smallest absolute Gasteiger partial charge is 0.0759 e. The molecule has 2 bridgehead atoms. The van der Waals surface area contributed by atoms with Crippen molar-refractivity contribution in [3.8, 4) is 0 Å². The normalized spacial score (nSPS) is 32.9. The van der Waals surface area contributed by atoms with Crippen molar-refractivity contribution < 1.29 is 4.74 Å². The average molecular weight is 233 g/mol. The second kappa shape index (κ2) is 4.70. The molecule has 2 aliphatic rings. The van der Waals surface area contributed by atoms with Crippen molar-refractivity contribution in [1.29, 1.82) is 0 Å². The highest BCUT2D eigenvalue weighted by Gasteiger charge is 2.44. The number of hydrogen-bond acceptors (Lipinski definition) is 4. The number of fused-ring (bicyclic) bond motifs is 2. The lowest BCUT2D eigenvalue weighted by Gasteiger charge is -2.28. The van der Waals surface area contributed by atoms with Gasteiger partial charge in [-0.15, -0.1) is 0 Å². The van der Waals surface area contributed by atoms with Crippen molar-refractivity contribution >= 4 is 0 Å². The molecule has 4 atom stereocenters. The van der Waals surface area contributed by atoms with Gasteiger partial charge in [0.25, 0.3) is 0 Å². The van der Waals surface area contributed by atoms with Crippen LogP contribution in [0.3, 0.4) is 0 Å². The molecular weight excluding hydrogens is 214 g/mol. The Bertz CT molecular complexity index is 370. The molecule has 1 N–H and O–H groups in total. The van der Waals surface area contributed by atoms with Crippen molar-refractivity contribution in [3.63, 3.8) is 0 Å². The minimum absolute atomic E-state index is 0.295. The van der Waals surface area contributed by atoms with Crippen LogP contribution in [0, 0.1) is 5.92 Å². The Hall–Kier alpha value is -1.00. The zero-order chi connectivity index (χ0) is 11.7. The van der Waals surface area contributed by atoms with Crippen LogP contribution in [0.1, 0.15) is 37.9 Å². The third-order valence-corrected chi connectivity index (χ3v) is 3.91. The van der Waals surface area contributed by atoms with Gasteiger partial charge in [0, 0.05) is 24.5 Å². The molecule has 1 aromatic heterocycles. The Morgan fingerprint density at radius 2 is 2.41 bits per heavy atom. The first kappa shape index (κ1) is 11.1. The molecule has 17 heavy (non-hydrogen) atoms. The van der Waals surface area contributed by atoms with E-state index in [-0.39, 0.29) is 0 Å². The van der Waals surface area contributed by atoms with E-state index in [0.717, 1.165) is 12.2 Å². The third kappa shape index (κ3) is 2.07. The largest absolute Gasteiger partial charge is 0.375 e. The molecule has 2 saturated heterocycles. The van der Waals surface area contributed by atoms with Gasteiger partial charge in [-0.2, -0.15) is 0 Å². The minimum Gasteiger partial charge on any atom is -0.375 e. The fraction of sp³-hybridized carbons (Fsp3) is 0.692. The van der Waals surface area contributed by atoms with Gasteiger partial charge < -0.3 is 10.1 Å². The lowest BCUT2D eigenvalue weighted by molar-refractivity contribution is 0.0854. The molecule has 4 heteroatoms. The summed E-state index contributed by atoms with van der Waals surface area (Å²) in [5.41, 5.74) is 1.05. The summed E-state index contributed by atoms with van der Waals surface area (Å²) >= 11 is 0. The molecule has 92 valence electrons. The Morgan fingerprint density at radius 3 is 3.00 bits per heavy atom. The molecule has 0 saturated carbocycles. The molecule has 2 aliphatic heterocycles. The predicted molar refractivity (Wildman–Crippen MR) is 64.5 cm³/mol. The van der Waals surface area contributed by atoms with Crippen molar-refractivity contribution in [1.82, 2.24) is 15.3 Å². The van der Waals surface area contributed by atoms with Crippen molar-refractivity contribution in [3.05, 3.63) is 24.3 Å². The molecule has 0 amide bonds. The van der Waals surface area contributed by atoms with Crippen molar-refractivity contribution in [2.24, 2.45) is 5.92 Å². The van der Waals surface area contributed by atoms with Crippen LogP contribution in [0.4, 0.5) is 0 Å². The summed E-state index contributed by atoms with van der Waals surface area (Å²) < 4.78 is 5.95. The molecule has 0 aliphatic carbocycles. The fourth-order valence-electron chi connectivity index (χ4n) is 3.19. The first-order valence-corrected chi connectivity index (χ1v) is 6.53. The van der Waals surface area contributed by atoms with E-state index in [1.807, 2.05) is 6.20 Å². The molecule has 3 rings (SSSR count). The first-order chi connectivity index (χ1) is 8.38. The summed E-state index contributed by atoms with van der Waals surface area (Å²) in [5.74, 6) is 0.561. The standard InChI is InChI=1S/C13H19N3O/c1-2-15-13(11-8-14-5-6-16-11)10-7-9-3-4-12(10)17-9/h5-6,8-10,12-13,15H,2-4,7H2,1H3. The van der Waals surface area contributed by atoms with E-state index in [2.05, 4.69) is 22.2 Å². The van der Waals surface area contributed by atoms with Crippen LogP contribution in [0.2, 0.25) is 0 Å². The van der Waals surface area contributed by atoms with Crippen molar-refractivity contribution in [2.45, 2.75) is 44.4 Å². The zero-order valence-corrected chi connectivity index (χ0v) is 10.2. The number of hydrogen-bond donors (Lipinski definition) is 1. The second-order valence-electron chi connectivity index (χ2n) is 4.94. The Labute approximate surface area is 102 Å². The molecule has 0 spiro atoms. The van der Waals surface area contributed by atoms with Crippen molar-refractivity contribution in [2.75, 3.05) is 6.54 Å². The Morgan fingerprint density at radius 1 is 1.47 bits per heavy atom. The lowest BCUT2D eigenvalue weighted by Crippen LogP contribution is -2.34. The lowest BCUT2D eigenvalue weighted by atomic mass is 9.82. The maximum atomic E-state index is 5.95. The van der Waals surface area contributed by atoms with E-state index in [1.165, 1.54) is 19.3 Å². The summed E-state index contributed by atoms with van der Waals surface area (Å²) in [6, 6.07) is 0.295. The highest BCUT2D eigenvalue weighted by atomic mass is 16.5. The molecule has 1 aromatic rings. The van der Waals surface area contributed by atoms with Crippen LogP contribution in [-0.2, 0) is 4.74 Å². The van der Waals surface area contributed by atoms with Crippen LogP contribution in [-0.4, -0.2) is 28.7 Å². The number of nitrogens with zero attached hydrogens (tertiary/aromatic N) is 2. The van der Waals surface area contributed by atoms with Gasteiger partial charge in [-0.25, -0.2) is 0 Å². The summed E-state index contributed by atoms with van der Waals surface area (Å²) in [6.07, 6.45) is 9.89. The van der Waals surface area contributed by atoms with Crippen LogP contribution in [0.25, 0.3) is 0 Å². The molecule has 4 nitrogen and oxygen atoms in total. The first-order valence-electron chi connectivity index (χ1n) is 6.53. The van der Waals surface area contributed by atoms with Crippen LogP contribution >= 0.6 is 0 Å². The predicted octanol–water partition coefficient (Wildman–Crippen LogP) is 1.69. The zero-order valence-electron chi connectivity index (χ0n) is 10.2. The van der Waals surface area contributed by atoms with Gasteiger partial charge >= 0.3 is 0 Å². The van der Waals surface area contributed by atoms with E-state index in [1.54, 1.807) is 12.4 Å². The van der Waals surface area contributed by atoms with Gasteiger partial charge in [0.15, 0.2) is 0 Å². The topological polar surface area (TPSA) is 47.0 Å². The number of nitrogens with one attached hydrogen (secondary N) is 1. The number of ether oxygens (including phenoxy) is 1. The Balaban J connectivity index is 1.81. The van der Waals surface area contributed by atoms with Gasteiger partial charge in [0.1, 0.15) is 0 Å². The molecule has 2 fully saturated rings. The SMILES string of the molecule is CCNC(c1cnccn1)C1CC2CCC1O2. The Kier molecular flexibility index (Phi) is 3.07. The van der Waals surface area contributed by atoms with Gasteiger partial charge in [-0.3, -0.25) is 9.97 Å². The van der Waals surface area contributed by atoms with Gasteiger partial charge in [0.05, 0.1) is 23.9 Å². The van der Waals surface area contributed by atoms with E-state index in [0.29, 0.717) is 24.2 Å². The molecular formula is C13H19N3O. The quantitative estimate of drug-likeness (QED) is 0.859. The van der Waals surface area contributed by atoms with Gasteiger partial charge in [0.2, 0.25) is 0 Å². The summed E-state index contributed by atoms with van der Waals surface area (Å²) in [7, 11) is 0. The van der Waals surface area contributed by atoms with Crippen LogP contribution < -0.4 is 5.32 Å². The molecule has 0 aromatic carbocycles. The minimum atomic E-state index is 0.295. The molecule has 0 radical (unpaired) electrons. The summed E-state index contributed by atoms with van der Waals surface area (Å²) in [6.45, 7) is 3.09. The van der Waals surface area contributed by atoms with E-state index in [9.17, 15) is 0 Å². The van der Waals surface area contributed by atoms with Crippen LogP contribution in [0.5, 0.6) is 0 Å². The highest BCUT2D eigenvalue weighted by molar-refractivity contribution is 5.08. The van der Waals surface area contributed by atoms with Crippen LogP contribution in [0.15, 0.2) is 18.6 Å². The third-order valence-electron chi connectivity index (χ3n) is 3.91. The highest BCUT2D eigenvalue weighted by Crippen LogP contribution is 2.44.